The monoisotopic (exact) mass is 1250 g/mol. The van der Waals surface area contributed by atoms with E-state index >= 15 is 0 Å². The molecule has 2 aromatic carbocycles. The Hall–Kier alpha value is -4.60. The van der Waals surface area contributed by atoms with Crippen LogP contribution >= 0.6 is 93.8 Å². The lowest BCUT2D eigenvalue weighted by atomic mass is 10.2. The normalized spacial score (nSPS) is 17.1. The minimum absolute atomic E-state index is 0.00765. The molecule has 4 aliphatic rings. The van der Waals surface area contributed by atoms with Gasteiger partial charge in [-0.1, -0.05) is 71.0 Å². The summed E-state index contributed by atoms with van der Waals surface area (Å²) in [5.74, 6) is 2.28. The molecule has 0 saturated carbocycles. The van der Waals surface area contributed by atoms with Crippen LogP contribution in [0.3, 0.4) is 0 Å². The standard InChI is InChI=1S/C54H60Cl2N4O14S6/c1-35-27-75-31-39(32-76-28-35)73-48(63)12-10-46(61)69-16-4-14-59-42-8-6-37(55)24-44(42)79-51(59)41(26-57)53(65)71-22-20-67-18-19-68-21-23-72-54(66)50(58-3)52-60(43-9-7-38(56)25-45(43)80-52)15-5-17-70-47(62)11-13-49(64)74-40-33-77-29-36(2)30-78-34-40/h6-9,24-25,39-40H,1-2,4-5,10-23,27-34H2. The Balaban J connectivity index is 0.869. The number of hydrogen-bond donors (Lipinski definition) is 0. The number of nitriles is 1. The molecule has 0 atom stereocenters. The van der Waals surface area contributed by atoms with E-state index in [-0.39, 0.29) is 115 Å². The zero-order chi connectivity index (χ0) is 57.2. The van der Waals surface area contributed by atoms with Gasteiger partial charge in [-0.15, -0.1) is 0 Å². The zero-order valence-corrected chi connectivity index (χ0v) is 50.1. The second kappa shape index (κ2) is 34.8. The van der Waals surface area contributed by atoms with E-state index in [4.69, 9.17) is 67.7 Å². The maximum atomic E-state index is 13.3. The molecule has 0 aliphatic carbocycles. The van der Waals surface area contributed by atoms with E-state index in [1.165, 1.54) is 23.5 Å². The summed E-state index contributed by atoms with van der Waals surface area (Å²) in [5, 5.41) is 11.7. The van der Waals surface area contributed by atoms with Gasteiger partial charge in [0.05, 0.1) is 88.3 Å². The average Bonchev–Trinajstić information content (AvgIpc) is 3.95. The van der Waals surface area contributed by atoms with Gasteiger partial charge in [0.2, 0.25) is 0 Å². The highest BCUT2D eigenvalue weighted by molar-refractivity contribution is 8.04. The smallest absolute Gasteiger partial charge is 0.351 e. The topological polar surface area (TPSA) is 211 Å². The molecular formula is C54H60Cl2N4O14S6. The minimum Gasteiger partial charge on any atom is -0.468 e. The maximum Gasteiger partial charge on any atom is 0.351 e. The predicted molar refractivity (Wildman–Crippen MR) is 316 cm³/mol. The molecule has 0 N–H and O–H groups in total. The first-order valence-electron chi connectivity index (χ1n) is 25.3. The van der Waals surface area contributed by atoms with Crippen molar-refractivity contribution in [2.75, 3.05) is 122 Å². The fourth-order valence-corrected chi connectivity index (χ4v) is 14.9. The Labute approximate surface area is 501 Å². The molecule has 0 aromatic heterocycles. The fraction of sp³-hybridized carbons (Fsp3) is 0.481. The third-order valence-electron chi connectivity index (χ3n) is 11.3. The molecule has 0 bridgehead atoms. The summed E-state index contributed by atoms with van der Waals surface area (Å²) < 4.78 is 43.9. The number of carbonyl (C=O) groups excluding carboxylic acids is 6. The minimum atomic E-state index is -0.860. The number of halogens is 2. The van der Waals surface area contributed by atoms with Crippen LogP contribution in [0.1, 0.15) is 38.5 Å². The summed E-state index contributed by atoms with van der Waals surface area (Å²) in [5.41, 5.74) is 3.25. The second-order valence-corrected chi connectivity index (χ2v) is 24.8. The third-order valence-corrected chi connectivity index (χ3v) is 19.0. The van der Waals surface area contributed by atoms with Gasteiger partial charge in [-0.2, -0.15) is 52.3 Å². The molecule has 4 aliphatic heterocycles. The zero-order valence-electron chi connectivity index (χ0n) is 43.7. The number of thioether (sulfide) groups is 6. The summed E-state index contributed by atoms with van der Waals surface area (Å²) in [4.78, 5) is 85.0. The number of anilines is 2. The predicted octanol–water partition coefficient (Wildman–Crippen LogP) is 9.78. The molecule has 0 radical (unpaired) electrons. The average molecular weight is 1250 g/mol. The molecule has 430 valence electrons. The Bertz CT molecular complexity index is 2530. The van der Waals surface area contributed by atoms with Crippen molar-refractivity contribution in [2.45, 2.75) is 60.5 Å². The number of nitrogens with zero attached hydrogens (tertiary/aromatic N) is 4. The van der Waals surface area contributed by atoms with E-state index in [9.17, 15) is 34.0 Å². The van der Waals surface area contributed by atoms with Gasteiger partial charge in [-0.3, -0.25) is 24.0 Å². The van der Waals surface area contributed by atoms with Gasteiger partial charge in [-0.25, -0.2) is 9.64 Å². The number of hydrogen-bond acceptors (Lipinski definition) is 23. The molecule has 2 saturated heterocycles. The van der Waals surface area contributed by atoms with E-state index < -0.39 is 35.8 Å². The number of ether oxygens (including phenoxy) is 8. The second-order valence-electron chi connectivity index (χ2n) is 17.7. The van der Waals surface area contributed by atoms with Crippen LogP contribution in [0.4, 0.5) is 11.4 Å². The van der Waals surface area contributed by atoms with E-state index in [0.717, 1.165) is 49.6 Å². The summed E-state index contributed by atoms with van der Waals surface area (Å²) in [6, 6.07) is 12.4. The Morgan fingerprint density at radius 2 is 1.00 bits per heavy atom. The quantitative estimate of drug-likeness (QED) is 0.0155. The lowest BCUT2D eigenvalue weighted by Crippen LogP contribution is -2.25. The first-order chi connectivity index (χ1) is 38.7. The Kier molecular flexibility index (Phi) is 28.0. The van der Waals surface area contributed by atoms with Crippen molar-refractivity contribution in [1.82, 2.24) is 0 Å². The van der Waals surface area contributed by atoms with E-state index in [1.54, 1.807) is 93.2 Å². The highest BCUT2D eigenvalue weighted by Gasteiger charge is 2.33. The SMILES string of the molecule is [C-]#[N+]C(C(=O)OCCOCCOCCOC(=O)C(C#N)=C1Sc2cc(Cl)ccc2N1CCCOC(=O)CCC(=O)OC1CSCC(=C)CSC1)=C1Sc2cc(Cl)ccc2N1CCCOC(=O)CCC(=O)OC1CSCC(=C)CSC1. The van der Waals surface area contributed by atoms with Crippen LogP contribution in [0.5, 0.6) is 0 Å². The number of esters is 6. The fourth-order valence-electron chi connectivity index (χ4n) is 7.65. The van der Waals surface area contributed by atoms with Gasteiger partial charge < -0.3 is 47.7 Å². The van der Waals surface area contributed by atoms with Crippen LogP contribution < -0.4 is 9.80 Å². The molecule has 0 unspecified atom stereocenters. The molecule has 26 heteroatoms. The summed E-state index contributed by atoms with van der Waals surface area (Å²) in [7, 11) is 0. The van der Waals surface area contributed by atoms with Gasteiger partial charge in [0, 0.05) is 78.9 Å². The summed E-state index contributed by atoms with van der Waals surface area (Å²) in [6.45, 7) is 16.4. The molecule has 4 heterocycles. The van der Waals surface area contributed by atoms with Crippen LogP contribution in [0.25, 0.3) is 4.85 Å². The molecule has 80 heavy (non-hydrogen) atoms. The van der Waals surface area contributed by atoms with Crippen molar-refractivity contribution in [1.29, 1.82) is 5.26 Å². The third kappa shape index (κ3) is 21.3. The number of rotatable bonds is 27. The molecule has 0 amide bonds. The maximum absolute atomic E-state index is 13.3. The van der Waals surface area contributed by atoms with Crippen molar-refractivity contribution >= 4 is 141 Å². The molecular weight excluding hydrogens is 1190 g/mol. The van der Waals surface area contributed by atoms with Crippen molar-refractivity contribution in [3.8, 4) is 6.07 Å². The highest BCUT2D eigenvalue weighted by atomic mass is 35.5. The molecule has 2 fully saturated rings. The number of benzene rings is 2. The number of fused-ring (bicyclic) bond motifs is 2. The molecule has 2 aromatic rings. The Morgan fingerprint density at radius 1 is 0.588 bits per heavy atom. The van der Waals surface area contributed by atoms with E-state index in [2.05, 4.69) is 18.0 Å². The van der Waals surface area contributed by atoms with Gasteiger partial charge in [0.25, 0.3) is 5.70 Å². The van der Waals surface area contributed by atoms with Crippen LogP contribution in [0, 0.1) is 17.9 Å². The van der Waals surface area contributed by atoms with Gasteiger partial charge in [-0.05, 0) is 49.2 Å². The lowest BCUT2D eigenvalue weighted by molar-refractivity contribution is -0.152. The van der Waals surface area contributed by atoms with Gasteiger partial charge in [0.1, 0.15) is 36.5 Å². The Morgan fingerprint density at radius 3 is 1.45 bits per heavy atom. The largest absolute Gasteiger partial charge is 0.468 e. The lowest BCUT2D eigenvalue weighted by Gasteiger charge is -2.21. The van der Waals surface area contributed by atoms with E-state index in [1.807, 2.05) is 6.07 Å². The molecule has 18 nitrogen and oxygen atoms in total. The molecule has 0 spiro atoms. The van der Waals surface area contributed by atoms with Crippen LogP contribution in [0.15, 0.2) is 91.8 Å². The summed E-state index contributed by atoms with van der Waals surface area (Å²) >= 11 is 21.6. The van der Waals surface area contributed by atoms with Crippen molar-refractivity contribution < 1.29 is 66.7 Å². The van der Waals surface area contributed by atoms with Crippen molar-refractivity contribution in [3.63, 3.8) is 0 Å². The van der Waals surface area contributed by atoms with Crippen LogP contribution in [-0.2, 0) is 66.7 Å². The summed E-state index contributed by atoms with van der Waals surface area (Å²) in [6.07, 6.45) is -0.212. The van der Waals surface area contributed by atoms with Crippen LogP contribution in [-0.4, -0.2) is 160 Å². The molecule has 6 rings (SSSR count). The van der Waals surface area contributed by atoms with Crippen molar-refractivity contribution in [2.24, 2.45) is 0 Å². The van der Waals surface area contributed by atoms with Crippen LogP contribution in [0.2, 0.25) is 10.0 Å². The first-order valence-corrected chi connectivity index (χ1v) is 32.3. The van der Waals surface area contributed by atoms with E-state index in [0.29, 0.717) is 61.6 Å². The van der Waals surface area contributed by atoms with Crippen molar-refractivity contribution in [3.05, 3.63) is 103 Å². The van der Waals surface area contributed by atoms with Gasteiger partial charge >= 0.3 is 35.8 Å². The highest BCUT2D eigenvalue weighted by Crippen LogP contribution is 2.50. The number of carbonyl (C=O) groups is 6. The first kappa shape index (κ1) is 64.6. The van der Waals surface area contributed by atoms with Gasteiger partial charge in [0.15, 0.2) is 5.57 Å².